The molecule has 0 bridgehead atoms. The Kier molecular flexibility index (Phi) is 6.77. The molecule has 0 aliphatic carbocycles. The molecule has 2 aromatic heterocycles. The van der Waals surface area contributed by atoms with Crippen LogP contribution in [0.3, 0.4) is 0 Å². The van der Waals surface area contributed by atoms with E-state index in [9.17, 15) is 9.59 Å². The van der Waals surface area contributed by atoms with Crippen LogP contribution < -0.4 is 15.6 Å². The van der Waals surface area contributed by atoms with Crippen LogP contribution in [0.1, 0.15) is 46.7 Å². The van der Waals surface area contributed by atoms with Crippen molar-refractivity contribution in [1.82, 2.24) is 14.9 Å². The zero-order valence-electron chi connectivity index (χ0n) is 20.0. The average Bonchev–Trinajstić information content (AvgIpc) is 2.68. The van der Waals surface area contributed by atoms with Crippen molar-refractivity contribution in [3.63, 3.8) is 0 Å². The number of fused-ring (bicyclic) bond motifs is 3. The molecule has 1 aromatic carbocycles. The van der Waals surface area contributed by atoms with E-state index in [0.717, 1.165) is 28.4 Å². The Morgan fingerprint density at radius 1 is 1.19 bits per heavy atom. The fraction of sp³-hybridized carbons (Fsp3) is 0.480. The van der Waals surface area contributed by atoms with Crippen LogP contribution in [0.4, 0.5) is 4.79 Å². The maximum Gasteiger partial charge on any atom is 0.407 e. The molecule has 32 heavy (non-hydrogen) atoms. The Hall–Kier alpha value is -3.09. The predicted molar refractivity (Wildman–Crippen MR) is 127 cm³/mol. The predicted octanol–water partition coefficient (Wildman–Crippen LogP) is 4.71. The first-order valence-corrected chi connectivity index (χ1v) is 11.0. The summed E-state index contributed by atoms with van der Waals surface area (Å²) in [4.78, 5) is 29.4. The normalized spacial score (nSPS) is 12.9. The molecule has 0 saturated carbocycles. The molecule has 172 valence electrons. The summed E-state index contributed by atoms with van der Waals surface area (Å²) in [6.45, 7) is 11.8. The minimum absolute atomic E-state index is 0.0838. The van der Waals surface area contributed by atoms with E-state index in [2.05, 4.69) is 24.1 Å². The first-order chi connectivity index (χ1) is 15.0. The van der Waals surface area contributed by atoms with E-state index in [-0.39, 0.29) is 11.6 Å². The Bertz CT molecular complexity index is 1190. The van der Waals surface area contributed by atoms with Gasteiger partial charge < -0.3 is 19.4 Å². The summed E-state index contributed by atoms with van der Waals surface area (Å²) in [5.74, 6) is 1.01. The fourth-order valence-corrected chi connectivity index (χ4v) is 3.85. The zero-order valence-corrected chi connectivity index (χ0v) is 20.0. The van der Waals surface area contributed by atoms with E-state index < -0.39 is 11.7 Å². The second kappa shape index (κ2) is 9.18. The lowest BCUT2D eigenvalue weighted by molar-refractivity contribution is 0.0480. The first-order valence-electron chi connectivity index (χ1n) is 11.0. The van der Waals surface area contributed by atoms with Crippen LogP contribution in [0.2, 0.25) is 0 Å². The maximum atomic E-state index is 12.9. The highest BCUT2D eigenvalue weighted by Gasteiger charge is 2.21. The van der Waals surface area contributed by atoms with E-state index in [1.54, 1.807) is 17.8 Å². The van der Waals surface area contributed by atoms with Crippen LogP contribution in [-0.2, 0) is 11.8 Å². The van der Waals surface area contributed by atoms with Gasteiger partial charge in [-0.05, 0) is 63.6 Å². The summed E-state index contributed by atoms with van der Waals surface area (Å²) in [7, 11) is 1.76. The molecular formula is C25H33N3O4. The van der Waals surface area contributed by atoms with Crippen LogP contribution in [0.15, 0.2) is 35.3 Å². The molecular weight excluding hydrogens is 406 g/mol. The Labute approximate surface area is 188 Å². The van der Waals surface area contributed by atoms with Crippen molar-refractivity contribution in [2.45, 2.75) is 59.6 Å². The van der Waals surface area contributed by atoms with E-state index >= 15 is 0 Å². The van der Waals surface area contributed by atoms with Gasteiger partial charge in [-0.15, -0.1) is 0 Å². The highest BCUT2D eigenvalue weighted by Crippen LogP contribution is 2.27. The lowest BCUT2D eigenvalue weighted by atomic mass is 10.0. The molecule has 0 aliphatic heterocycles. The van der Waals surface area contributed by atoms with Gasteiger partial charge in [0, 0.05) is 24.7 Å². The summed E-state index contributed by atoms with van der Waals surface area (Å²) < 4.78 is 13.1. The monoisotopic (exact) mass is 439 g/mol. The summed E-state index contributed by atoms with van der Waals surface area (Å²) >= 11 is 0. The maximum absolute atomic E-state index is 12.9. The van der Waals surface area contributed by atoms with Gasteiger partial charge in [0.2, 0.25) is 0 Å². The third-order valence-corrected chi connectivity index (χ3v) is 5.21. The molecule has 3 rings (SSSR count). The number of amides is 1. The number of nitrogens with one attached hydrogen (secondary N) is 1. The number of hydrogen-bond donors (Lipinski definition) is 1. The van der Waals surface area contributed by atoms with E-state index in [0.29, 0.717) is 23.7 Å². The molecule has 0 saturated heterocycles. The molecule has 1 atom stereocenters. The van der Waals surface area contributed by atoms with Crippen molar-refractivity contribution >= 4 is 27.8 Å². The number of hydrogen-bond acceptors (Lipinski definition) is 5. The van der Waals surface area contributed by atoms with Crippen LogP contribution in [-0.4, -0.2) is 33.9 Å². The van der Waals surface area contributed by atoms with E-state index in [1.807, 2.05) is 52.0 Å². The van der Waals surface area contributed by atoms with Gasteiger partial charge >= 0.3 is 6.09 Å². The zero-order chi connectivity index (χ0) is 23.6. The van der Waals surface area contributed by atoms with Crippen LogP contribution >= 0.6 is 0 Å². The number of aryl methyl sites for hydroxylation is 2. The molecule has 7 nitrogen and oxygen atoms in total. The van der Waals surface area contributed by atoms with Crippen molar-refractivity contribution < 1.29 is 14.3 Å². The summed E-state index contributed by atoms with van der Waals surface area (Å²) in [5, 5.41) is 5.39. The minimum Gasteiger partial charge on any atom is -0.491 e. The Balaban J connectivity index is 1.86. The molecule has 0 radical (unpaired) electrons. The highest BCUT2D eigenvalue weighted by molar-refractivity contribution is 6.06. The molecule has 1 unspecified atom stereocenters. The van der Waals surface area contributed by atoms with E-state index in [1.165, 1.54) is 0 Å². The number of rotatable bonds is 6. The van der Waals surface area contributed by atoms with Gasteiger partial charge in [-0.2, -0.15) is 0 Å². The van der Waals surface area contributed by atoms with Crippen LogP contribution in [0.5, 0.6) is 5.75 Å². The molecule has 2 heterocycles. The van der Waals surface area contributed by atoms with Crippen molar-refractivity contribution in [2.24, 2.45) is 13.0 Å². The van der Waals surface area contributed by atoms with Gasteiger partial charge in [0.15, 0.2) is 0 Å². The minimum atomic E-state index is -0.562. The smallest absolute Gasteiger partial charge is 0.407 e. The van der Waals surface area contributed by atoms with Crippen LogP contribution in [0.25, 0.3) is 21.7 Å². The van der Waals surface area contributed by atoms with Crippen molar-refractivity contribution in [3.8, 4) is 5.75 Å². The van der Waals surface area contributed by atoms with Crippen molar-refractivity contribution in [3.05, 3.63) is 46.5 Å². The molecule has 1 amide bonds. The fourth-order valence-electron chi connectivity index (χ4n) is 3.85. The number of aromatic nitrogens is 2. The molecule has 0 fully saturated rings. The first kappa shape index (κ1) is 23.6. The largest absolute Gasteiger partial charge is 0.491 e. The van der Waals surface area contributed by atoms with Gasteiger partial charge in [-0.1, -0.05) is 13.8 Å². The number of benzene rings is 1. The van der Waals surface area contributed by atoms with Crippen molar-refractivity contribution in [2.75, 3.05) is 6.61 Å². The van der Waals surface area contributed by atoms with E-state index in [4.69, 9.17) is 9.47 Å². The lowest BCUT2D eigenvalue weighted by Gasteiger charge is -2.25. The number of carbonyl (C=O) groups excluding carboxylic acids is 1. The van der Waals surface area contributed by atoms with Gasteiger partial charge in [0.1, 0.15) is 18.0 Å². The summed E-state index contributed by atoms with van der Waals surface area (Å²) in [6.07, 6.45) is 2.02. The van der Waals surface area contributed by atoms with Gasteiger partial charge in [-0.25, -0.2) is 4.79 Å². The number of ether oxygens (including phenoxy) is 2. The quantitative estimate of drug-likeness (QED) is 0.562. The Morgan fingerprint density at radius 2 is 1.91 bits per heavy atom. The average molecular weight is 440 g/mol. The molecule has 1 N–H and O–H groups in total. The second-order valence-corrected chi connectivity index (χ2v) is 9.65. The Morgan fingerprint density at radius 3 is 2.56 bits per heavy atom. The third-order valence-electron chi connectivity index (χ3n) is 5.21. The number of carbonyl (C=O) groups is 1. The number of nitrogens with zero attached hydrogens (tertiary/aromatic N) is 2. The van der Waals surface area contributed by atoms with Gasteiger partial charge in [0.05, 0.1) is 22.6 Å². The number of alkyl carbamates (subject to hydrolysis) is 1. The summed E-state index contributed by atoms with van der Waals surface area (Å²) in [5.41, 5.74) is 0.855. The van der Waals surface area contributed by atoms with Gasteiger partial charge in [-0.3, -0.25) is 9.78 Å². The molecule has 0 aliphatic rings. The molecule has 0 spiro atoms. The van der Waals surface area contributed by atoms with Gasteiger partial charge in [0.25, 0.3) is 5.56 Å². The third kappa shape index (κ3) is 5.39. The SMILES string of the molecule is Cc1nccc2c1c(=O)n(C)c1cc(OCC(CC(C)C)NC(=O)OC(C)(C)C)ccc21. The second-order valence-electron chi connectivity index (χ2n) is 9.65. The number of pyridine rings is 2. The lowest BCUT2D eigenvalue weighted by Crippen LogP contribution is -2.42. The standard InChI is InChI=1S/C25H33N3O4/c1-15(2)12-17(27-24(30)32-25(4,5)6)14-31-18-8-9-19-20-10-11-26-16(3)22(20)23(29)28(7)21(19)13-18/h8-11,13,15,17H,12,14H2,1-7H3,(H,27,30). The van der Waals surface area contributed by atoms with Crippen molar-refractivity contribution in [1.29, 1.82) is 0 Å². The van der Waals surface area contributed by atoms with Crippen LogP contribution in [0, 0.1) is 12.8 Å². The molecule has 3 aromatic rings. The topological polar surface area (TPSA) is 82.5 Å². The molecule has 7 heteroatoms. The summed E-state index contributed by atoms with van der Waals surface area (Å²) in [6, 6.07) is 7.39. The highest BCUT2D eigenvalue weighted by atomic mass is 16.6.